The van der Waals surface area contributed by atoms with Gasteiger partial charge in [0.25, 0.3) is 5.56 Å². The molecule has 0 fully saturated rings. The highest BCUT2D eigenvalue weighted by Gasteiger charge is 2.45. The quantitative estimate of drug-likeness (QED) is 0.373. The Hall–Kier alpha value is -3.24. The lowest BCUT2D eigenvalue weighted by Gasteiger charge is -2.31. The fourth-order valence-corrected chi connectivity index (χ4v) is 4.64. The van der Waals surface area contributed by atoms with Crippen molar-refractivity contribution < 1.29 is 27.2 Å². The van der Waals surface area contributed by atoms with Gasteiger partial charge in [0, 0.05) is 16.5 Å². The number of nitrogens with zero attached hydrogens (tertiary/aromatic N) is 2. The van der Waals surface area contributed by atoms with Crippen LogP contribution in [0.3, 0.4) is 0 Å². The molecular weight excluding hydrogens is 424 g/mol. The number of aromatic nitrogens is 2. The second-order valence-electron chi connectivity index (χ2n) is 7.74. The monoisotopic (exact) mass is 442 g/mol. The second-order valence-corrected chi connectivity index (χ2v) is 9.32. The molecule has 4 heterocycles. The minimum absolute atomic E-state index is 0.0723. The lowest BCUT2D eigenvalue weighted by atomic mass is 9.86. The molecule has 10 heteroatoms. The summed E-state index contributed by atoms with van der Waals surface area (Å²) in [6.07, 6.45) is 1.04. The van der Waals surface area contributed by atoms with Gasteiger partial charge in [-0.3, -0.25) is 4.79 Å². The van der Waals surface area contributed by atoms with Crippen molar-refractivity contribution in [3.63, 3.8) is 0 Å². The van der Waals surface area contributed by atoms with Crippen molar-refractivity contribution in [1.82, 2.24) is 9.55 Å². The van der Waals surface area contributed by atoms with E-state index >= 15 is 0 Å². The smallest absolute Gasteiger partial charge is 0.343 e. The van der Waals surface area contributed by atoms with Crippen LogP contribution in [0, 0.1) is 0 Å². The van der Waals surface area contributed by atoms with Gasteiger partial charge in [0.2, 0.25) is 0 Å². The first-order valence-corrected chi connectivity index (χ1v) is 11.4. The van der Waals surface area contributed by atoms with Crippen LogP contribution in [0.25, 0.3) is 22.3 Å². The lowest BCUT2D eigenvalue weighted by molar-refractivity contribution is -0.172. The Morgan fingerprint density at radius 1 is 1.26 bits per heavy atom. The molecule has 0 spiro atoms. The Morgan fingerprint density at radius 2 is 2.03 bits per heavy atom. The van der Waals surface area contributed by atoms with Gasteiger partial charge in [0.05, 0.1) is 35.3 Å². The summed E-state index contributed by atoms with van der Waals surface area (Å²) in [4.78, 5) is 30.0. The summed E-state index contributed by atoms with van der Waals surface area (Å²) in [6, 6.07) is 8.18. The van der Waals surface area contributed by atoms with Gasteiger partial charge in [-0.2, -0.15) is 8.42 Å². The Bertz CT molecular complexity index is 1460. The molecule has 0 bridgehead atoms. The van der Waals surface area contributed by atoms with E-state index in [-0.39, 0.29) is 42.0 Å². The van der Waals surface area contributed by atoms with E-state index in [2.05, 4.69) is 4.98 Å². The van der Waals surface area contributed by atoms with Crippen molar-refractivity contribution in [1.29, 1.82) is 0 Å². The number of esters is 1. The van der Waals surface area contributed by atoms with Crippen LogP contribution in [-0.2, 0) is 38.4 Å². The second kappa shape index (κ2) is 6.38. The van der Waals surface area contributed by atoms with Gasteiger partial charge in [-0.05, 0) is 36.8 Å². The Morgan fingerprint density at radius 3 is 2.74 bits per heavy atom. The molecule has 2 aliphatic rings. The number of benzene rings is 1. The van der Waals surface area contributed by atoms with Crippen LogP contribution in [0.2, 0.25) is 0 Å². The van der Waals surface area contributed by atoms with Crippen LogP contribution in [0.5, 0.6) is 5.75 Å². The summed E-state index contributed by atoms with van der Waals surface area (Å²) in [5, 5.41) is 11.6. The van der Waals surface area contributed by atoms with Crippen molar-refractivity contribution in [2.45, 2.75) is 32.1 Å². The molecule has 31 heavy (non-hydrogen) atoms. The van der Waals surface area contributed by atoms with Gasteiger partial charge in [0.1, 0.15) is 12.4 Å². The van der Waals surface area contributed by atoms with Crippen molar-refractivity contribution in [2.75, 3.05) is 6.26 Å². The first-order chi connectivity index (χ1) is 14.6. The van der Waals surface area contributed by atoms with E-state index in [1.807, 2.05) is 6.07 Å². The van der Waals surface area contributed by atoms with Crippen LogP contribution >= 0.6 is 0 Å². The third-order valence-corrected chi connectivity index (χ3v) is 6.22. The van der Waals surface area contributed by atoms with Crippen LogP contribution in [0.1, 0.15) is 30.0 Å². The van der Waals surface area contributed by atoms with Crippen molar-refractivity contribution in [3.05, 3.63) is 57.4 Å². The zero-order valence-electron chi connectivity index (χ0n) is 16.7. The topological polar surface area (TPSA) is 125 Å². The summed E-state index contributed by atoms with van der Waals surface area (Å²) < 4.78 is 34.4. The number of cyclic esters (lactones) is 1. The van der Waals surface area contributed by atoms with Crippen molar-refractivity contribution in [2.24, 2.45) is 0 Å². The molecule has 2 aromatic heterocycles. The van der Waals surface area contributed by atoms with E-state index in [9.17, 15) is 23.1 Å². The van der Waals surface area contributed by atoms with Gasteiger partial charge in [0.15, 0.2) is 5.60 Å². The third-order valence-electron chi connectivity index (χ3n) is 5.73. The minimum atomic E-state index is -3.66. The SMILES string of the molecule is CC[C@@]1(O)C(=O)OCc2c1cc1n(c2=O)Cc2cc3cc(OS(C)(=O)=O)ccc3nc2-1. The summed E-state index contributed by atoms with van der Waals surface area (Å²) in [5.74, 6) is -0.599. The predicted octanol–water partition coefficient (Wildman–Crippen LogP) is 1.42. The van der Waals surface area contributed by atoms with Crippen molar-refractivity contribution in [3.8, 4) is 17.1 Å². The number of aliphatic hydroxyl groups is 1. The molecule has 2 aliphatic heterocycles. The van der Waals surface area contributed by atoms with Crippen LogP contribution in [0.15, 0.2) is 35.1 Å². The lowest BCUT2D eigenvalue weighted by Crippen LogP contribution is -2.44. The fourth-order valence-electron chi connectivity index (χ4n) is 4.19. The molecule has 1 atom stereocenters. The van der Waals surface area contributed by atoms with Crippen LogP contribution < -0.4 is 9.74 Å². The van der Waals surface area contributed by atoms with E-state index in [4.69, 9.17) is 8.92 Å². The normalized spacial score (nSPS) is 19.5. The number of carbonyl (C=O) groups excluding carboxylic acids is 1. The summed E-state index contributed by atoms with van der Waals surface area (Å²) in [7, 11) is -3.66. The molecule has 3 aromatic rings. The zero-order chi connectivity index (χ0) is 22.1. The maximum atomic E-state index is 13.1. The third kappa shape index (κ3) is 2.94. The number of hydrogen-bond donors (Lipinski definition) is 1. The minimum Gasteiger partial charge on any atom is -0.458 e. The van der Waals surface area contributed by atoms with Gasteiger partial charge in [-0.25, -0.2) is 9.78 Å². The van der Waals surface area contributed by atoms with E-state index in [0.29, 0.717) is 22.3 Å². The largest absolute Gasteiger partial charge is 0.458 e. The molecule has 0 amide bonds. The van der Waals surface area contributed by atoms with E-state index in [1.165, 1.54) is 6.07 Å². The summed E-state index contributed by atoms with van der Waals surface area (Å²) in [6.45, 7) is 1.72. The summed E-state index contributed by atoms with van der Waals surface area (Å²) in [5.41, 5.74) is 0.734. The van der Waals surface area contributed by atoms with Gasteiger partial charge < -0.3 is 18.6 Å². The van der Waals surface area contributed by atoms with Crippen molar-refractivity contribution >= 4 is 27.0 Å². The Labute approximate surface area is 177 Å². The molecule has 1 aromatic carbocycles. The molecule has 0 saturated heterocycles. The highest BCUT2D eigenvalue weighted by atomic mass is 32.2. The highest BCUT2D eigenvalue weighted by molar-refractivity contribution is 7.86. The Balaban J connectivity index is 1.69. The molecule has 0 unspecified atom stereocenters. The number of fused-ring (bicyclic) bond motifs is 5. The van der Waals surface area contributed by atoms with Gasteiger partial charge in [-0.1, -0.05) is 6.92 Å². The molecule has 160 valence electrons. The predicted molar refractivity (Wildman–Crippen MR) is 110 cm³/mol. The first-order valence-electron chi connectivity index (χ1n) is 9.61. The number of carbonyl (C=O) groups is 1. The number of rotatable bonds is 3. The van der Waals surface area contributed by atoms with E-state index < -0.39 is 21.7 Å². The van der Waals surface area contributed by atoms with E-state index in [0.717, 1.165) is 11.8 Å². The van der Waals surface area contributed by atoms with E-state index in [1.54, 1.807) is 29.7 Å². The molecule has 5 rings (SSSR count). The number of hydrogen-bond acceptors (Lipinski definition) is 8. The van der Waals surface area contributed by atoms with Gasteiger partial charge in [-0.15, -0.1) is 0 Å². The first kappa shape index (κ1) is 19.7. The average Bonchev–Trinajstić information content (AvgIpc) is 3.06. The van der Waals surface area contributed by atoms with Crippen LogP contribution in [0.4, 0.5) is 0 Å². The standard InChI is InChI=1S/C21H18N2O7S/c1-3-21(26)15-8-17-18-12(9-23(17)19(24)14(15)10-29-20(21)25)6-11-7-13(30-31(2,27)28)4-5-16(11)22-18/h4-8,26H,3,9-10H2,1-2H3/t21-/m0/s1. The zero-order valence-corrected chi connectivity index (χ0v) is 17.5. The fraction of sp³-hybridized carbons (Fsp3) is 0.286. The highest BCUT2D eigenvalue weighted by Crippen LogP contribution is 2.38. The number of ether oxygens (including phenoxy) is 1. The van der Waals surface area contributed by atoms with Gasteiger partial charge >= 0.3 is 16.1 Å². The molecule has 0 saturated carbocycles. The molecule has 9 nitrogen and oxygen atoms in total. The molecule has 1 N–H and O–H groups in total. The van der Waals surface area contributed by atoms with Crippen LogP contribution in [-0.4, -0.2) is 35.3 Å². The molecule has 0 aliphatic carbocycles. The maximum Gasteiger partial charge on any atom is 0.343 e. The molecule has 0 radical (unpaired) electrons. The molecular formula is C21H18N2O7S. The summed E-state index contributed by atoms with van der Waals surface area (Å²) >= 11 is 0. The maximum absolute atomic E-state index is 13.1. The Kier molecular flexibility index (Phi) is 4.06. The average molecular weight is 442 g/mol. The number of pyridine rings is 2.